The number of primary sulfonamides is 1. The van der Waals surface area contributed by atoms with Gasteiger partial charge in [0.1, 0.15) is 0 Å². The molecule has 4 N–H and O–H groups in total. The lowest BCUT2D eigenvalue weighted by atomic mass is 10.1. The van der Waals surface area contributed by atoms with E-state index in [1.165, 1.54) is 0 Å². The third-order valence-electron chi connectivity index (χ3n) is 2.21. The summed E-state index contributed by atoms with van der Waals surface area (Å²) in [4.78, 5) is 0. The number of hydrogen-bond acceptors (Lipinski definition) is 3. The number of nitrogens with two attached hydrogens (primary N) is 2. The maximum absolute atomic E-state index is 11.1. The highest BCUT2D eigenvalue weighted by molar-refractivity contribution is 7.89. The van der Waals surface area contributed by atoms with Gasteiger partial charge in [0.05, 0.1) is 5.25 Å². The zero-order valence-corrected chi connectivity index (χ0v) is 10.0. The van der Waals surface area contributed by atoms with Crippen LogP contribution in [-0.2, 0) is 16.6 Å². The molecule has 0 aromatic heterocycles. The molecule has 6 heteroatoms. The van der Waals surface area contributed by atoms with Gasteiger partial charge in [0.2, 0.25) is 10.0 Å². The maximum Gasteiger partial charge on any atom is 0.215 e. The number of rotatable bonds is 3. The average Bonchev–Trinajstić information content (AvgIpc) is 2.15. The quantitative estimate of drug-likeness (QED) is 0.836. The molecule has 0 bridgehead atoms. The van der Waals surface area contributed by atoms with Crippen LogP contribution in [0, 0.1) is 0 Å². The summed E-state index contributed by atoms with van der Waals surface area (Å²) < 4.78 is 22.3. The minimum absolute atomic E-state index is 0. The highest BCUT2D eigenvalue weighted by Gasteiger charge is 2.19. The highest BCUT2D eigenvalue weighted by Crippen LogP contribution is 2.22. The Hall–Kier alpha value is -0.620. The minimum atomic E-state index is -3.54. The molecule has 0 radical (unpaired) electrons. The first kappa shape index (κ1) is 14.4. The molecule has 1 unspecified atom stereocenters. The van der Waals surface area contributed by atoms with Crippen LogP contribution in [0.4, 0.5) is 0 Å². The Labute approximate surface area is 96.1 Å². The summed E-state index contributed by atoms with van der Waals surface area (Å²) in [7, 11) is -3.54. The summed E-state index contributed by atoms with van der Waals surface area (Å²) in [5.74, 6) is 0. The standard InChI is InChI=1S/C9H14N2O2S.ClH/c1-7(14(11,12)13)9-5-3-2-4-8(9)6-10;/h2-5,7H,6,10H2,1H3,(H2,11,12,13);1H. The Kier molecular flexibility index (Phi) is 5.23. The lowest BCUT2D eigenvalue weighted by Gasteiger charge is -2.13. The SMILES string of the molecule is CC(c1ccccc1CN)S(N)(=O)=O.Cl. The van der Waals surface area contributed by atoms with E-state index in [0.717, 1.165) is 5.56 Å². The van der Waals surface area contributed by atoms with Crippen molar-refractivity contribution < 1.29 is 8.42 Å². The van der Waals surface area contributed by atoms with Crippen LogP contribution in [-0.4, -0.2) is 8.42 Å². The summed E-state index contributed by atoms with van der Waals surface area (Å²) in [6.07, 6.45) is 0. The molecule has 0 heterocycles. The van der Waals surface area contributed by atoms with E-state index < -0.39 is 15.3 Å². The fourth-order valence-corrected chi connectivity index (χ4v) is 1.88. The Morgan fingerprint density at radius 3 is 2.33 bits per heavy atom. The Balaban J connectivity index is 0.00000196. The number of halogens is 1. The van der Waals surface area contributed by atoms with Crippen molar-refractivity contribution in [3.63, 3.8) is 0 Å². The second kappa shape index (κ2) is 5.46. The molecule has 15 heavy (non-hydrogen) atoms. The van der Waals surface area contributed by atoms with E-state index in [-0.39, 0.29) is 12.4 Å². The van der Waals surface area contributed by atoms with Gasteiger partial charge in [-0.05, 0) is 18.1 Å². The molecular formula is C9H15ClN2O2S. The number of benzene rings is 1. The Morgan fingerprint density at radius 1 is 1.33 bits per heavy atom. The van der Waals surface area contributed by atoms with Gasteiger partial charge in [-0.1, -0.05) is 24.3 Å². The molecule has 1 rings (SSSR count). The molecule has 0 saturated heterocycles. The van der Waals surface area contributed by atoms with Crippen molar-refractivity contribution in [2.24, 2.45) is 10.9 Å². The lowest BCUT2D eigenvalue weighted by molar-refractivity contribution is 0.587. The van der Waals surface area contributed by atoms with Gasteiger partial charge in [-0.2, -0.15) is 0 Å². The topological polar surface area (TPSA) is 86.2 Å². The van der Waals surface area contributed by atoms with E-state index in [0.29, 0.717) is 12.1 Å². The zero-order valence-electron chi connectivity index (χ0n) is 8.38. The minimum Gasteiger partial charge on any atom is -0.326 e. The Bertz CT molecular complexity index is 420. The van der Waals surface area contributed by atoms with E-state index in [2.05, 4.69) is 0 Å². The third kappa shape index (κ3) is 3.46. The molecule has 0 fully saturated rings. The molecule has 1 atom stereocenters. The van der Waals surface area contributed by atoms with Crippen molar-refractivity contribution in [3.8, 4) is 0 Å². The van der Waals surface area contributed by atoms with Crippen LogP contribution in [0.15, 0.2) is 24.3 Å². The third-order valence-corrected chi connectivity index (χ3v) is 3.45. The zero-order chi connectivity index (χ0) is 10.8. The largest absolute Gasteiger partial charge is 0.326 e. The second-order valence-corrected chi connectivity index (χ2v) is 5.02. The Morgan fingerprint density at radius 2 is 1.87 bits per heavy atom. The summed E-state index contributed by atoms with van der Waals surface area (Å²) in [6, 6.07) is 7.13. The molecule has 0 amide bonds. The molecule has 0 aliphatic heterocycles. The normalized spacial score (nSPS) is 13.0. The summed E-state index contributed by atoms with van der Waals surface area (Å²) in [6.45, 7) is 1.87. The summed E-state index contributed by atoms with van der Waals surface area (Å²) in [5.41, 5.74) is 6.99. The molecule has 0 saturated carbocycles. The van der Waals surface area contributed by atoms with Crippen molar-refractivity contribution in [2.45, 2.75) is 18.7 Å². The van der Waals surface area contributed by atoms with Crippen LogP contribution in [0.2, 0.25) is 0 Å². The van der Waals surface area contributed by atoms with Crippen molar-refractivity contribution in [2.75, 3.05) is 0 Å². The first-order valence-corrected chi connectivity index (χ1v) is 5.87. The van der Waals surface area contributed by atoms with E-state index >= 15 is 0 Å². The lowest BCUT2D eigenvalue weighted by Crippen LogP contribution is -2.20. The monoisotopic (exact) mass is 250 g/mol. The maximum atomic E-state index is 11.1. The first-order valence-electron chi connectivity index (χ1n) is 4.26. The van der Waals surface area contributed by atoms with Crippen LogP contribution >= 0.6 is 12.4 Å². The van der Waals surface area contributed by atoms with Gasteiger partial charge < -0.3 is 5.73 Å². The van der Waals surface area contributed by atoms with Gasteiger partial charge in [0, 0.05) is 6.54 Å². The smallest absolute Gasteiger partial charge is 0.215 e. The molecule has 1 aromatic carbocycles. The van der Waals surface area contributed by atoms with Crippen LogP contribution in [0.3, 0.4) is 0 Å². The van der Waals surface area contributed by atoms with Crippen LogP contribution in [0.25, 0.3) is 0 Å². The molecule has 0 aliphatic rings. The van der Waals surface area contributed by atoms with Crippen LogP contribution in [0.5, 0.6) is 0 Å². The molecule has 1 aromatic rings. The van der Waals surface area contributed by atoms with E-state index in [1.54, 1.807) is 25.1 Å². The fraction of sp³-hybridized carbons (Fsp3) is 0.333. The number of hydrogen-bond donors (Lipinski definition) is 2. The average molecular weight is 251 g/mol. The number of sulfonamides is 1. The van der Waals surface area contributed by atoms with Gasteiger partial charge in [-0.3, -0.25) is 0 Å². The van der Waals surface area contributed by atoms with Crippen molar-refractivity contribution in [3.05, 3.63) is 35.4 Å². The molecule has 4 nitrogen and oxygen atoms in total. The van der Waals surface area contributed by atoms with Crippen molar-refractivity contribution in [1.29, 1.82) is 0 Å². The summed E-state index contributed by atoms with van der Waals surface area (Å²) in [5, 5.41) is 4.36. The van der Waals surface area contributed by atoms with Crippen LogP contribution < -0.4 is 10.9 Å². The highest BCUT2D eigenvalue weighted by atomic mass is 35.5. The summed E-state index contributed by atoms with van der Waals surface area (Å²) >= 11 is 0. The predicted octanol–water partition coefficient (Wildman–Crippen LogP) is 0.917. The van der Waals surface area contributed by atoms with E-state index in [9.17, 15) is 8.42 Å². The molecule has 86 valence electrons. The van der Waals surface area contributed by atoms with Gasteiger partial charge in [0.25, 0.3) is 0 Å². The second-order valence-electron chi connectivity index (χ2n) is 3.13. The fourth-order valence-electron chi connectivity index (χ4n) is 1.29. The molecule has 0 aliphatic carbocycles. The van der Waals surface area contributed by atoms with Gasteiger partial charge in [0.15, 0.2) is 0 Å². The van der Waals surface area contributed by atoms with Gasteiger partial charge in [-0.25, -0.2) is 13.6 Å². The molecular weight excluding hydrogens is 236 g/mol. The van der Waals surface area contributed by atoms with Crippen molar-refractivity contribution >= 4 is 22.4 Å². The van der Waals surface area contributed by atoms with Gasteiger partial charge in [-0.15, -0.1) is 12.4 Å². The van der Waals surface area contributed by atoms with Gasteiger partial charge >= 0.3 is 0 Å². The first-order chi connectivity index (χ1) is 6.46. The predicted molar refractivity (Wildman–Crippen MR) is 63.1 cm³/mol. The van der Waals surface area contributed by atoms with E-state index in [1.807, 2.05) is 6.07 Å². The van der Waals surface area contributed by atoms with E-state index in [4.69, 9.17) is 10.9 Å². The molecule has 0 spiro atoms. The van der Waals surface area contributed by atoms with Crippen LogP contribution in [0.1, 0.15) is 23.3 Å². The van der Waals surface area contributed by atoms with Crippen molar-refractivity contribution in [1.82, 2.24) is 0 Å².